The maximum atomic E-state index is 12.5. The number of urea groups is 1. The van der Waals surface area contributed by atoms with Gasteiger partial charge in [-0.25, -0.2) is 9.59 Å². The summed E-state index contributed by atoms with van der Waals surface area (Å²) in [5.41, 5.74) is 1.77. The molecule has 0 aliphatic carbocycles. The fourth-order valence-electron chi connectivity index (χ4n) is 2.86. The van der Waals surface area contributed by atoms with Crippen LogP contribution in [0.3, 0.4) is 0 Å². The number of carbonyl (C=O) groups excluding carboxylic acids is 2. The Hall–Kier alpha value is -2.70. The molecule has 1 aromatic carbocycles. The third-order valence-electron chi connectivity index (χ3n) is 3.88. The second-order valence-corrected chi connectivity index (χ2v) is 5.51. The summed E-state index contributed by atoms with van der Waals surface area (Å²) >= 11 is 0. The first-order chi connectivity index (χ1) is 11.6. The normalized spacial score (nSPS) is 18.9. The van der Waals surface area contributed by atoms with Crippen molar-refractivity contribution in [2.24, 2.45) is 0 Å². The molecule has 0 fully saturated rings. The number of esters is 1. The van der Waals surface area contributed by atoms with E-state index in [0.717, 1.165) is 12.0 Å². The number of hydrogen-bond donors (Lipinski definition) is 2. The van der Waals surface area contributed by atoms with E-state index in [1.807, 2.05) is 13.0 Å². The predicted molar refractivity (Wildman–Crippen MR) is 85.5 cm³/mol. The smallest absolute Gasteiger partial charge is 0.338 e. The molecule has 7 heteroatoms. The van der Waals surface area contributed by atoms with E-state index in [4.69, 9.17) is 14.2 Å². The van der Waals surface area contributed by atoms with E-state index in [0.29, 0.717) is 29.2 Å². The first-order valence-corrected chi connectivity index (χ1v) is 8.01. The molecule has 2 N–H and O–H groups in total. The van der Waals surface area contributed by atoms with Crippen LogP contribution in [0, 0.1) is 0 Å². The Labute approximate surface area is 140 Å². The minimum atomic E-state index is -0.589. The van der Waals surface area contributed by atoms with Gasteiger partial charge in [-0.2, -0.15) is 0 Å². The molecule has 0 bridgehead atoms. The van der Waals surface area contributed by atoms with E-state index in [9.17, 15) is 9.59 Å². The van der Waals surface area contributed by atoms with Crippen LogP contribution in [0.25, 0.3) is 0 Å². The Kier molecular flexibility index (Phi) is 4.59. The molecule has 2 aliphatic heterocycles. The summed E-state index contributed by atoms with van der Waals surface area (Å²) in [6.07, 6.45) is 1.38. The lowest BCUT2D eigenvalue weighted by atomic mass is 9.93. The first kappa shape index (κ1) is 16.2. The maximum Gasteiger partial charge on any atom is 0.338 e. The van der Waals surface area contributed by atoms with E-state index < -0.39 is 12.0 Å². The van der Waals surface area contributed by atoms with Gasteiger partial charge in [0.2, 0.25) is 6.79 Å². The summed E-state index contributed by atoms with van der Waals surface area (Å²) in [6, 6.07) is 4.44. The monoisotopic (exact) mass is 332 g/mol. The van der Waals surface area contributed by atoms with Gasteiger partial charge in [-0.1, -0.05) is 19.4 Å². The largest absolute Gasteiger partial charge is 0.463 e. The quantitative estimate of drug-likeness (QED) is 0.809. The first-order valence-electron chi connectivity index (χ1n) is 8.01. The number of amides is 2. The molecule has 0 saturated heterocycles. The summed E-state index contributed by atoms with van der Waals surface area (Å²) < 4.78 is 15.9. The molecule has 0 spiro atoms. The van der Waals surface area contributed by atoms with Gasteiger partial charge < -0.3 is 24.8 Å². The molecule has 3 rings (SSSR count). The molecule has 128 valence electrons. The fourth-order valence-corrected chi connectivity index (χ4v) is 2.86. The molecule has 0 radical (unpaired) electrons. The molecule has 24 heavy (non-hydrogen) atoms. The van der Waals surface area contributed by atoms with Gasteiger partial charge in [0.05, 0.1) is 18.2 Å². The molecule has 0 aromatic heterocycles. The summed E-state index contributed by atoms with van der Waals surface area (Å²) in [5, 5.41) is 5.53. The Balaban J connectivity index is 2.03. The zero-order valence-electron chi connectivity index (χ0n) is 13.7. The third kappa shape index (κ3) is 3.02. The lowest BCUT2D eigenvalue weighted by molar-refractivity contribution is -0.139. The van der Waals surface area contributed by atoms with Crippen LogP contribution in [0.4, 0.5) is 4.79 Å². The fraction of sp³-hybridized carbons (Fsp3) is 0.412. The van der Waals surface area contributed by atoms with Crippen molar-refractivity contribution in [1.29, 1.82) is 0 Å². The van der Waals surface area contributed by atoms with Crippen molar-refractivity contribution in [3.63, 3.8) is 0 Å². The van der Waals surface area contributed by atoms with E-state index >= 15 is 0 Å². The van der Waals surface area contributed by atoms with Gasteiger partial charge >= 0.3 is 12.0 Å². The van der Waals surface area contributed by atoms with Crippen LogP contribution in [0.1, 0.15) is 38.3 Å². The van der Waals surface area contributed by atoms with Crippen molar-refractivity contribution in [3.05, 3.63) is 35.0 Å². The number of fused-ring (bicyclic) bond motifs is 1. The third-order valence-corrected chi connectivity index (χ3v) is 3.88. The zero-order valence-corrected chi connectivity index (χ0v) is 13.7. The Morgan fingerprint density at radius 1 is 1.29 bits per heavy atom. The van der Waals surface area contributed by atoms with Crippen molar-refractivity contribution in [1.82, 2.24) is 10.6 Å². The molecule has 2 amide bonds. The lowest BCUT2D eigenvalue weighted by Crippen LogP contribution is -2.46. The van der Waals surface area contributed by atoms with Crippen LogP contribution in [-0.2, 0) is 9.53 Å². The predicted octanol–water partition coefficient (Wildman–Crippen LogP) is 2.39. The molecule has 1 atom stereocenters. The Morgan fingerprint density at radius 3 is 2.83 bits per heavy atom. The van der Waals surface area contributed by atoms with E-state index in [1.165, 1.54) is 0 Å². The molecule has 1 aromatic rings. The number of benzene rings is 1. The van der Waals surface area contributed by atoms with Gasteiger partial charge in [0.15, 0.2) is 11.5 Å². The number of allylic oxidation sites excluding steroid dienone is 1. The number of ether oxygens (including phenoxy) is 3. The summed E-state index contributed by atoms with van der Waals surface area (Å²) in [5.74, 6) is 0.811. The van der Waals surface area contributed by atoms with Gasteiger partial charge in [-0.3, -0.25) is 0 Å². The van der Waals surface area contributed by atoms with Crippen LogP contribution >= 0.6 is 0 Å². The van der Waals surface area contributed by atoms with E-state index in [-0.39, 0.29) is 19.4 Å². The van der Waals surface area contributed by atoms with Crippen LogP contribution < -0.4 is 20.1 Å². The highest BCUT2D eigenvalue weighted by Gasteiger charge is 2.34. The molecule has 0 unspecified atom stereocenters. The topological polar surface area (TPSA) is 85.9 Å². The number of rotatable bonds is 5. The van der Waals surface area contributed by atoms with Crippen molar-refractivity contribution < 1.29 is 23.8 Å². The van der Waals surface area contributed by atoms with Crippen LogP contribution in [0.15, 0.2) is 29.5 Å². The number of carbonyl (C=O) groups is 2. The Morgan fingerprint density at radius 2 is 2.08 bits per heavy atom. The van der Waals surface area contributed by atoms with Gasteiger partial charge in [-0.05, 0) is 31.0 Å². The van der Waals surface area contributed by atoms with Crippen molar-refractivity contribution >= 4 is 12.0 Å². The average molecular weight is 332 g/mol. The maximum absolute atomic E-state index is 12.5. The van der Waals surface area contributed by atoms with Gasteiger partial charge in [-0.15, -0.1) is 0 Å². The second-order valence-electron chi connectivity index (χ2n) is 5.51. The SMILES string of the molecule is CCCC1=C(C(=O)OCC)[C@H](c2ccc3c(c2)OCO3)NC(=O)N1. The Bertz CT molecular complexity index is 698. The highest BCUT2D eigenvalue weighted by Crippen LogP contribution is 2.37. The van der Waals surface area contributed by atoms with Gasteiger partial charge in [0, 0.05) is 5.70 Å². The molecule has 7 nitrogen and oxygen atoms in total. The molecule has 0 saturated carbocycles. The lowest BCUT2D eigenvalue weighted by Gasteiger charge is -2.29. The van der Waals surface area contributed by atoms with Crippen LogP contribution in [-0.4, -0.2) is 25.4 Å². The van der Waals surface area contributed by atoms with Gasteiger partial charge in [0.1, 0.15) is 0 Å². The molecular weight excluding hydrogens is 312 g/mol. The van der Waals surface area contributed by atoms with Crippen molar-refractivity contribution in [2.75, 3.05) is 13.4 Å². The standard InChI is InChI=1S/C17H20N2O5/c1-3-5-11-14(16(20)22-4-2)15(19-17(21)18-11)10-6-7-12-13(8-10)24-9-23-12/h6-8,15H,3-5,9H2,1-2H3,(H2,18,19,21)/t15-/m0/s1. The van der Waals surface area contributed by atoms with E-state index in [1.54, 1.807) is 19.1 Å². The highest BCUT2D eigenvalue weighted by molar-refractivity contribution is 5.95. The minimum absolute atomic E-state index is 0.166. The van der Waals surface area contributed by atoms with Crippen molar-refractivity contribution in [3.8, 4) is 11.5 Å². The van der Waals surface area contributed by atoms with Crippen molar-refractivity contribution in [2.45, 2.75) is 32.7 Å². The number of hydrogen-bond acceptors (Lipinski definition) is 5. The summed E-state index contributed by atoms with van der Waals surface area (Å²) in [6.45, 7) is 4.17. The minimum Gasteiger partial charge on any atom is -0.463 e. The van der Waals surface area contributed by atoms with Crippen LogP contribution in [0.2, 0.25) is 0 Å². The van der Waals surface area contributed by atoms with Crippen LogP contribution in [0.5, 0.6) is 11.5 Å². The molecule has 2 heterocycles. The zero-order chi connectivity index (χ0) is 17.1. The summed E-state index contributed by atoms with van der Waals surface area (Å²) in [7, 11) is 0. The summed E-state index contributed by atoms with van der Waals surface area (Å²) in [4.78, 5) is 24.5. The van der Waals surface area contributed by atoms with Gasteiger partial charge in [0.25, 0.3) is 0 Å². The number of nitrogens with one attached hydrogen (secondary N) is 2. The van der Waals surface area contributed by atoms with E-state index in [2.05, 4.69) is 10.6 Å². The highest BCUT2D eigenvalue weighted by atomic mass is 16.7. The molecule has 2 aliphatic rings. The average Bonchev–Trinajstić information content (AvgIpc) is 3.02. The second kappa shape index (κ2) is 6.82. The molecular formula is C17H20N2O5.